The van der Waals surface area contributed by atoms with Crippen molar-refractivity contribution in [3.05, 3.63) is 89.5 Å². The van der Waals surface area contributed by atoms with Gasteiger partial charge in [-0.3, -0.25) is 4.72 Å². The zero-order valence-corrected chi connectivity index (χ0v) is 16.2. The number of carboxylic acid groups (broad SMARTS) is 1. The Bertz CT molecular complexity index is 1160. The van der Waals surface area contributed by atoms with Crippen LogP contribution in [0.2, 0.25) is 0 Å². The minimum atomic E-state index is -4.52. The highest BCUT2D eigenvalue weighted by atomic mass is 32.2. The van der Waals surface area contributed by atoms with Crippen LogP contribution in [0.4, 0.5) is 18.9 Å². The van der Waals surface area contributed by atoms with Gasteiger partial charge in [0.05, 0.1) is 22.6 Å². The lowest BCUT2D eigenvalue weighted by Crippen LogP contribution is -2.17. The summed E-state index contributed by atoms with van der Waals surface area (Å²) in [6, 6.07) is 16.9. The molecule has 30 heavy (non-hydrogen) atoms. The number of nitrogens with one attached hydrogen (secondary N) is 1. The van der Waals surface area contributed by atoms with Gasteiger partial charge in [-0.1, -0.05) is 48.5 Å². The van der Waals surface area contributed by atoms with Crippen molar-refractivity contribution >= 4 is 21.7 Å². The van der Waals surface area contributed by atoms with Crippen LogP contribution >= 0.6 is 0 Å². The average molecular weight is 435 g/mol. The van der Waals surface area contributed by atoms with Gasteiger partial charge in [-0.25, -0.2) is 13.2 Å². The zero-order valence-electron chi connectivity index (χ0n) is 15.3. The Hall–Kier alpha value is -3.33. The number of alkyl halides is 3. The first kappa shape index (κ1) is 21.4. The van der Waals surface area contributed by atoms with E-state index < -0.39 is 33.5 Å². The highest BCUT2D eigenvalue weighted by molar-refractivity contribution is 7.91. The second-order valence-corrected chi connectivity index (χ2v) is 8.21. The van der Waals surface area contributed by atoms with Gasteiger partial charge in [0.1, 0.15) is 0 Å². The van der Waals surface area contributed by atoms with Gasteiger partial charge in [0.25, 0.3) is 0 Å². The first-order chi connectivity index (χ1) is 14.0. The number of benzene rings is 3. The summed E-state index contributed by atoms with van der Waals surface area (Å²) in [4.78, 5) is 11.5. The molecule has 0 radical (unpaired) electrons. The minimum Gasteiger partial charge on any atom is -0.478 e. The Kier molecular flexibility index (Phi) is 5.84. The fourth-order valence-corrected chi connectivity index (χ4v) is 4.05. The molecular formula is C21H16F3NO4S. The van der Waals surface area contributed by atoms with Crippen molar-refractivity contribution in [1.29, 1.82) is 0 Å². The molecule has 0 amide bonds. The van der Waals surface area contributed by atoms with E-state index in [9.17, 15) is 31.5 Å². The minimum absolute atomic E-state index is 0.129. The van der Waals surface area contributed by atoms with Gasteiger partial charge in [-0.2, -0.15) is 13.2 Å². The van der Waals surface area contributed by atoms with E-state index in [1.807, 2.05) is 6.07 Å². The fraction of sp³-hybridized carbons (Fsp3) is 0.0952. The first-order valence-corrected chi connectivity index (χ1v) is 10.3. The average Bonchev–Trinajstić information content (AvgIpc) is 2.67. The van der Waals surface area contributed by atoms with Crippen LogP contribution in [-0.4, -0.2) is 19.5 Å². The Morgan fingerprint density at radius 3 is 2.10 bits per heavy atom. The number of carboxylic acids is 1. The number of hydrogen-bond donors (Lipinski definition) is 2. The molecule has 0 saturated carbocycles. The largest absolute Gasteiger partial charge is 0.478 e. The first-order valence-electron chi connectivity index (χ1n) is 8.64. The van der Waals surface area contributed by atoms with E-state index in [1.165, 1.54) is 12.1 Å². The molecule has 3 rings (SSSR count). The summed E-state index contributed by atoms with van der Waals surface area (Å²) in [6.45, 7) is 0. The molecule has 2 N–H and O–H groups in total. The Morgan fingerprint density at radius 2 is 1.53 bits per heavy atom. The highest BCUT2D eigenvalue weighted by Crippen LogP contribution is 2.30. The summed E-state index contributed by atoms with van der Waals surface area (Å²) >= 11 is 0. The molecule has 5 nitrogen and oxygen atoms in total. The molecule has 0 spiro atoms. The molecule has 0 atom stereocenters. The summed E-state index contributed by atoms with van der Waals surface area (Å²) in [5, 5.41) is 9.38. The molecule has 3 aromatic carbocycles. The molecule has 0 unspecified atom stereocenters. The molecule has 0 aliphatic heterocycles. The van der Waals surface area contributed by atoms with Crippen LogP contribution in [-0.2, 0) is 22.0 Å². The normalized spacial score (nSPS) is 11.8. The lowest BCUT2D eigenvalue weighted by atomic mass is 10.0. The second-order valence-electron chi connectivity index (χ2n) is 6.49. The summed E-state index contributed by atoms with van der Waals surface area (Å²) in [7, 11) is -4.09. The molecule has 9 heteroatoms. The fourth-order valence-electron chi connectivity index (χ4n) is 2.84. The van der Waals surface area contributed by atoms with Crippen molar-refractivity contribution in [3.63, 3.8) is 0 Å². The molecule has 0 aliphatic rings. The van der Waals surface area contributed by atoms with E-state index in [0.717, 1.165) is 29.8 Å². The van der Waals surface area contributed by atoms with E-state index >= 15 is 0 Å². The SMILES string of the molecule is O=C(O)c1ccc(-c2ccccc2)cc1NS(=O)(=O)Cc1ccc(C(F)(F)F)cc1. The van der Waals surface area contributed by atoms with Crippen molar-refractivity contribution in [2.45, 2.75) is 11.9 Å². The highest BCUT2D eigenvalue weighted by Gasteiger charge is 2.30. The summed E-state index contributed by atoms with van der Waals surface area (Å²) in [5.41, 5.74) is 0.235. The number of hydrogen-bond acceptors (Lipinski definition) is 3. The quantitative estimate of drug-likeness (QED) is 0.570. The lowest BCUT2D eigenvalue weighted by molar-refractivity contribution is -0.137. The van der Waals surface area contributed by atoms with E-state index in [0.29, 0.717) is 5.56 Å². The summed E-state index contributed by atoms with van der Waals surface area (Å²) < 4.78 is 65.3. The third-order valence-corrected chi connectivity index (χ3v) is 5.50. The molecule has 0 heterocycles. The molecule has 3 aromatic rings. The topological polar surface area (TPSA) is 83.5 Å². The van der Waals surface area contributed by atoms with Gasteiger partial charge in [-0.15, -0.1) is 0 Å². The van der Waals surface area contributed by atoms with Crippen molar-refractivity contribution in [2.24, 2.45) is 0 Å². The van der Waals surface area contributed by atoms with Gasteiger partial charge in [0, 0.05) is 0 Å². The maximum atomic E-state index is 12.7. The molecule has 0 saturated heterocycles. The third-order valence-electron chi connectivity index (χ3n) is 4.26. The predicted molar refractivity (Wildman–Crippen MR) is 107 cm³/mol. The monoisotopic (exact) mass is 435 g/mol. The van der Waals surface area contributed by atoms with E-state index in [-0.39, 0.29) is 16.8 Å². The predicted octanol–water partition coefficient (Wildman–Crippen LogP) is 5.01. The third kappa shape index (κ3) is 5.18. The van der Waals surface area contributed by atoms with Gasteiger partial charge in [-0.05, 0) is 41.0 Å². The van der Waals surface area contributed by atoms with Gasteiger partial charge in [0.15, 0.2) is 0 Å². The summed E-state index contributed by atoms with van der Waals surface area (Å²) in [6.07, 6.45) is -4.52. The smallest absolute Gasteiger partial charge is 0.416 e. The van der Waals surface area contributed by atoms with Gasteiger partial charge in [0.2, 0.25) is 10.0 Å². The summed E-state index contributed by atoms with van der Waals surface area (Å²) in [5.74, 6) is -1.93. The Morgan fingerprint density at radius 1 is 0.900 bits per heavy atom. The number of rotatable bonds is 6. The van der Waals surface area contributed by atoms with Crippen molar-refractivity contribution in [3.8, 4) is 11.1 Å². The number of anilines is 1. The van der Waals surface area contributed by atoms with Crippen LogP contribution in [0.25, 0.3) is 11.1 Å². The van der Waals surface area contributed by atoms with Crippen LogP contribution in [0.5, 0.6) is 0 Å². The van der Waals surface area contributed by atoms with Crippen LogP contribution in [0.1, 0.15) is 21.5 Å². The van der Waals surface area contributed by atoms with Crippen LogP contribution in [0.3, 0.4) is 0 Å². The van der Waals surface area contributed by atoms with Crippen molar-refractivity contribution in [2.75, 3.05) is 4.72 Å². The van der Waals surface area contributed by atoms with E-state index in [4.69, 9.17) is 0 Å². The van der Waals surface area contributed by atoms with Crippen LogP contribution in [0, 0.1) is 0 Å². The Balaban J connectivity index is 1.88. The standard InChI is InChI=1S/C21H16F3NO4S/c22-21(23,24)17-9-6-14(7-10-17)13-30(28,29)25-19-12-16(8-11-18(19)20(26)27)15-4-2-1-3-5-15/h1-12,25H,13H2,(H,26,27). The number of halogens is 3. The zero-order chi connectivity index (χ0) is 21.9. The second kappa shape index (κ2) is 8.19. The van der Waals surface area contributed by atoms with Crippen LogP contribution < -0.4 is 4.72 Å². The molecule has 0 aromatic heterocycles. The number of aromatic carboxylic acids is 1. The van der Waals surface area contributed by atoms with Crippen LogP contribution in [0.15, 0.2) is 72.8 Å². The van der Waals surface area contributed by atoms with Crippen molar-refractivity contribution in [1.82, 2.24) is 0 Å². The molecule has 0 fully saturated rings. The van der Waals surface area contributed by atoms with Gasteiger partial charge >= 0.3 is 12.1 Å². The van der Waals surface area contributed by atoms with E-state index in [2.05, 4.69) is 4.72 Å². The lowest BCUT2D eigenvalue weighted by Gasteiger charge is -2.13. The maximum Gasteiger partial charge on any atom is 0.416 e. The van der Waals surface area contributed by atoms with E-state index in [1.54, 1.807) is 30.3 Å². The number of carbonyl (C=O) groups is 1. The van der Waals surface area contributed by atoms with Gasteiger partial charge < -0.3 is 5.11 Å². The maximum absolute atomic E-state index is 12.7. The molecular weight excluding hydrogens is 419 g/mol. The molecule has 0 bridgehead atoms. The Labute approximate surface area is 170 Å². The molecule has 0 aliphatic carbocycles. The molecule has 156 valence electrons. The number of sulfonamides is 1. The van der Waals surface area contributed by atoms with Crippen molar-refractivity contribution < 1.29 is 31.5 Å².